The summed E-state index contributed by atoms with van der Waals surface area (Å²) < 4.78 is 12.9. The van der Waals surface area contributed by atoms with Crippen LogP contribution in [0.25, 0.3) is 0 Å². The van der Waals surface area contributed by atoms with Gasteiger partial charge in [-0.2, -0.15) is 10.4 Å². The molecule has 5 heteroatoms. The van der Waals surface area contributed by atoms with Crippen LogP contribution in [0.2, 0.25) is 0 Å². The first-order chi connectivity index (χ1) is 7.78. The molecule has 0 radical (unpaired) electrons. The summed E-state index contributed by atoms with van der Waals surface area (Å²) in [6, 6.07) is 8.28. The molecule has 0 spiro atoms. The summed E-state index contributed by atoms with van der Waals surface area (Å²) in [7, 11) is 0. The molecule has 1 N–H and O–H groups in total. The zero-order valence-corrected chi connectivity index (χ0v) is 8.44. The molecule has 0 unspecified atom stereocenters. The van der Waals surface area contributed by atoms with Crippen LogP contribution in [0.4, 0.5) is 4.39 Å². The molecule has 80 valence electrons. The molecule has 0 saturated carbocycles. The van der Waals surface area contributed by atoms with E-state index in [4.69, 9.17) is 5.26 Å². The average Bonchev–Trinajstić information content (AvgIpc) is 2.66. The maximum Gasteiger partial charge on any atom is 0.164 e. The Balaban J connectivity index is 2.12. The zero-order chi connectivity index (χ0) is 11.4. The lowest BCUT2D eigenvalue weighted by Gasteiger charge is -1.96. The lowest BCUT2D eigenvalue weighted by molar-refractivity contribution is 0.626. The molecule has 0 amide bonds. The van der Waals surface area contributed by atoms with Crippen molar-refractivity contribution in [2.45, 2.75) is 12.8 Å². The van der Waals surface area contributed by atoms with Gasteiger partial charge in [0, 0.05) is 6.42 Å². The summed E-state index contributed by atoms with van der Waals surface area (Å²) >= 11 is 0. The number of benzene rings is 1. The summed E-state index contributed by atoms with van der Waals surface area (Å²) in [6.45, 7) is 0. The number of nitriles is 1. The van der Waals surface area contributed by atoms with Gasteiger partial charge in [-0.25, -0.2) is 9.37 Å². The molecule has 0 aliphatic heterocycles. The van der Waals surface area contributed by atoms with Gasteiger partial charge in [-0.15, -0.1) is 0 Å². The number of hydrogen-bond donors (Lipinski definition) is 1. The van der Waals surface area contributed by atoms with Gasteiger partial charge in [-0.1, -0.05) is 12.1 Å². The van der Waals surface area contributed by atoms with Crippen molar-refractivity contribution in [1.29, 1.82) is 5.26 Å². The highest BCUT2D eigenvalue weighted by Crippen LogP contribution is 2.07. The van der Waals surface area contributed by atoms with Crippen LogP contribution in [-0.4, -0.2) is 15.2 Å². The fourth-order valence-corrected chi connectivity index (χ4v) is 1.40. The molecule has 0 saturated heterocycles. The molecule has 0 bridgehead atoms. The van der Waals surface area contributed by atoms with E-state index < -0.39 is 0 Å². The van der Waals surface area contributed by atoms with Gasteiger partial charge >= 0.3 is 0 Å². The van der Waals surface area contributed by atoms with Crippen LogP contribution in [0.5, 0.6) is 0 Å². The van der Waals surface area contributed by atoms with Crippen molar-refractivity contribution in [1.82, 2.24) is 15.2 Å². The first-order valence-corrected chi connectivity index (χ1v) is 4.79. The highest BCUT2D eigenvalue weighted by molar-refractivity contribution is 5.20. The van der Waals surface area contributed by atoms with Crippen molar-refractivity contribution in [3.8, 4) is 6.07 Å². The minimum Gasteiger partial charge on any atom is -0.263 e. The Hall–Kier alpha value is -2.22. The maximum absolute atomic E-state index is 12.9. The van der Waals surface area contributed by atoms with Gasteiger partial charge in [0.05, 0.1) is 12.5 Å². The van der Waals surface area contributed by atoms with Crippen LogP contribution in [0.1, 0.15) is 17.2 Å². The zero-order valence-electron chi connectivity index (χ0n) is 8.44. The van der Waals surface area contributed by atoms with Crippen molar-refractivity contribution in [2.24, 2.45) is 0 Å². The normalized spacial score (nSPS) is 10.0. The second-order valence-corrected chi connectivity index (χ2v) is 3.34. The topological polar surface area (TPSA) is 65.4 Å². The molecule has 2 aromatic rings. The number of aromatic nitrogens is 3. The Kier molecular flexibility index (Phi) is 2.92. The molecule has 0 aliphatic rings. The molecule has 2 rings (SSSR count). The Bertz CT molecular complexity index is 527. The third kappa shape index (κ3) is 2.42. The van der Waals surface area contributed by atoms with Gasteiger partial charge < -0.3 is 0 Å². The number of H-pyrrole nitrogens is 1. The van der Waals surface area contributed by atoms with E-state index in [2.05, 4.69) is 15.2 Å². The minimum absolute atomic E-state index is 0.180. The highest BCUT2D eigenvalue weighted by Gasteiger charge is 2.04. The number of aromatic amines is 1. The molecule has 16 heavy (non-hydrogen) atoms. The minimum atomic E-state index is -0.269. The molecule has 4 nitrogen and oxygen atoms in total. The van der Waals surface area contributed by atoms with E-state index in [1.54, 1.807) is 6.07 Å². The maximum atomic E-state index is 12.9. The monoisotopic (exact) mass is 216 g/mol. The number of hydrogen-bond acceptors (Lipinski definition) is 3. The number of rotatable bonds is 3. The lowest BCUT2D eigenvalue weighted by atomic mass is 10.1. The van der Waals surface area contributed by atoms with Crippen LogP contribution < -0.4 is 0 Å². The SMILES string of the molecule is N#CCc1n[nH]c(Cc2cccc(F)c2)n1. The van der Waals surface area contributed by atoms with Gasteiger partial charge in [-0.3, -0.25) is 5.10 Å². The van der Waals surface area contributed by atoms with Crippen LogP contribution in [0, 0.1) is 17.1 Å². The third-order valence-electron chi connectivity index (χ3n) is 2.08. The molecule has 1 aromatic carbocycles. The largest absolute Gasteiger partial charge is 0.263 e. The Morgan fingerprint density at radius 1 is 1.44 bits per heavy atom. The van der Waals surface area contributed by atoms with Crippen molar-refractivity contribution < 1.29 is 4.39 Å². The molecule has 0 fully saturated rings. The average molecular weight is 216 g/mol. The molecule has 0 atom stereocenters. The van der Waals surface area contributed by atoms with E-state index >= 15 is 0 Å². The van der Waals surface area contributed by atoms with Gasteiger partial charge in [-0.05, 0) is 17.7 Å². The Morgan fingerprint density at radius 3 is 3.06 bits per heavy atom. The molecular formula is C11H9FN4. The van der Waals surface area contributed by atoms with Gasteiger partial charge in [0.1, 0.15) is 11.6 Å². The fourth-order valence-electron chi connectivity index (χ4n) is 1.40. The van der Waals surface area contributed by atoms with E-state index in [-0.39, 0.29) is 12.2 Å². The number of halogens is 1. The number of nitrogens with zero attached hydrogens (tertiary/aromatic N) is 3. The van der Waals surface area contributed by atoms with Gasteiger partial charge in [0.15, 0.2) is 5.82 Å². The van der Waals surface area contributed by atoms with E-state index in [0.29, 0.717) is 18.1 Å². The Morgan fingerprint density at radius 2 is 2.31 bits per heavy atom. The summed E-state index contributed by atoms with van der Waals surface area (Å²) in [6.07, 6.45) is 0.663. The number of nitrogens with one attached hydrogen (secondary N) is 1. The quantitative estimate of drug-likeness (QED) is 0.847. The molecule has 1 aromatic heterocycles. The summed E-state index contributed by atoms with van der Waals surface area (Å²) in [5, 5.41) is 15.1. The lowest BCUT2D eigenvalue weighted by Crippen LogP contribution is -1.92. The first-order valence-electron chi connectivity index (χ1n) is 4.79. The van der Waals surface area contributed by atoms with Gasteiger partial charge in [0.25, 0.3) is 0 Å². The fraction of sp³-hybridized carbons (Fsp3) is 0.182. The highest BCUT2D eigenvalue weighted by atomic mass is 19.1. The van der Waals surface area contributed by atoms with E-state index in [1.807, 2.05) is 12.1 Å². The van der Waals surface area contributed by atoms with Crippen LogP contribution >= 0.6 is 0 Å². The van der Waals surface area contributed by atoms with Crippen LogP contribution in [0.15, 0.2) is 24.3 Å². The van der Waals surface area contributed by atoms with Crippen LogP contribution in [0.3, 0.4) is 0 Å². The summed E-state index contributed by atoms with van der Waals surface area (Å²) in [4.78, 5) is 4.11. The Labute approximate surface area is 91.8 Å². The van der Waals surface area contributed by atoms with Crippen molar-refractivity contribution in [3.05, 3.63) is 47.3 Å². The van der Waals surface area contributed by atoms with Crippen molar-refractivity contribution in [2.75, 3.05) is 0 Å². The van der Waals surface area contributed by atoms with Crippen LogP contribution in [-0.2, 0) is 12.8 Å². The van der Waals surface area contributed by atoms with Crippen molar-refractivity contribution >= 4 is 0 Å². The summed E-state index contributed by atoms with van der Waals surface area (Å²) in [5.74, 6) is 0.832. The molecular weight excluding hydrogens is 207 g/mol. The van der Waals surface area contributed by atoms with E-state index in [0.717, 1.165) is 5.56 Å². The second kappa shape index (κ2) is 4.53. The van der Waals surface area contributed by atoms with E-state index in [9.17, 15) is 4.39 Å². The van der Waals surface area contributed by atoms with Gasteiger partial charge in [0.2, 0.25) is 0 Å². The summed E-state index contributed by atoms with van der Waals surface area (Å²) in [5.41, 5.74) is 0.819. The molecule has 0 aliphatic carbocycles. The smallest absolute Gasteiger partial charge is 0.164 e. The van der Waals surface area contributed by atoms with Crippen molar-refractivity contribution in [3.63, 3.8) is 0 Å². The van der Waals surface area contributed by atoms with E-state index in [1.165, 1.54) is 12.1 Å². The predicted octanol–water partition coefficient (Wildman–Crippen LogP) is 1.60. The second-order valence-electron chi connectivity index (χ2n) is 3.34. The molecule has 1 heterocycles. The predicted molar refractivity (Wildman–Crippen MR) is 54.9 cm³/mol. The standard InChI is InChI=1S/C11H9FN4/c12-9-3-1-2-8(6-9)7-11-14-10(4-5-13)15-16-11/h1-3,6H,4,7H2,(H,14,15,16). The first kappa shape index (κ1) is 10.3. The third-order valence-corrected chi connectivity index (χ3v) is 2.08.